The average Bonchev–Trinajstić information content (AvgIpc) is 3.16. The number of rotatable bonds is 5. The average molecular weight is 382 g/mol. The number of fused-ring (bicyclic) bond motifs is 1. The second-order valence-corrected chi connectivity index (χ2v) is 7.25. The molecule has 2 heterocycles. The van der Waals surface area contributed by atoms with Crippen LogP contribution in [0.2, 0.25) is 5.02 Å². The van der Waals surface area contributed by atoms with Gasteiger partial charge in [0.2, 0.25) is 5.91 Å². The van der Waals surface area contributed by atoms with Crippen molar-refractivity contribution in [2.24, 2.45) is 0 Å². The molecule has 1 aromatic heterocycles. The van der Waals surface area contributed by atoms with E-state index in [0.29, 0.717) is 17.3 Å². The zero-order valence-corrected chi connectivity index (χ0v) is 15.7. The van der Waals surface area contributed by atoms with Gasteiger partial charge in [0.05, 0.1) is 18.2 Å². The summed E-state index contributed by atoms with van der Waals surface area (Å²) in [5.74, 6) is -0.345. The Kier molecular flexibility index (Phi) is 4.72. The van der Waals surface area contributed by atoms with Gasteiger partial charge in [-0.3, -0.25) is 9.59 Å². The molecule has 0 saturated carbocycles. The van der Waals surface area contributed by atoms with Crippen LogP contribution in [0.4, 0.5) is 5.69 Å². The Morgan fingerprint density at radius 3 is 2.85 bits per heavy atom. The monoisotopic (exact) mass is 381 g/mol. The molecule has 4 rings (SSSR count). The van der Waals surface area contributed by atoms with E-state index in [1.165, 1.54) is 4.90 Å². The number of nitrogens with zero attached hydrogens (tertiary/aromatic N) is 1. The van der Waals surface area contributed by atoms with Crippen LogP contribution in [0.25, 0.3) is 10.9 Å². The van der Waals surface area contributed by atoms with Crippen LogP contribution in [0.15, 0.2) is 48.7 Å². The van der Waals surface area contributed by atoms with Gasteiger partial charge in [-0.15, -0.1) is 0 Å². The minimum absolute atomic E-state index is 0.161. The molecule has 0 radical (unpaired) electrons. The molecule has 1 saturated heterocycles. The number of hydrogen-bond acceptors (Lipinski definition) is 3. The van der Waals surface area contributed by atoms with Gasteiger partial charge in [-0.2, -0.15) is 0 Å². The summed E-state index contributed by atoms with van der Waals surface area (Å²) >= 11 is 6.09. The number of hydrogen-bond donors (Lipinski definition) is 2. The van der Waals surface area contributed by atoms with E-state index in [4.69, 9.17) is 11.6 Å². The Labute approximate surface area is 162 Å². The summed E-state index contributed by atoms with van der Waals surface area (Å²) in [7, 11) is 0. The number of amides is 2. The zero-order chi connectivity index (χ0) is 19.0. The third kappa shape index (κ3) is 3.36. The van der Waals surface area contributed by atoms with Crippen molar-refractivity contribution < 1.29 is 9.59 Å². The van der Waals surface area contributed by atoms with Crippen LogP contribution in [0.1, 0.15) is 17.5 Å². The van der Waals surface area contributed by atoms with Crippen molar-refractivity contribution >= 4 is 40.0 Å². The molecule has 2 N–H and O–H groups in total. The second kappa shape index (κ2) is 7.18. The van der Waals surface area contributed by atoms with E-state index >= 15 is 0 Å². The van der Waals surface area contributed by atoms with Crippen molar-refractivity contribution in [1.29, 1.82) is 0 Å². The standard InChI is InChI=1S/C21H20ClN3O2/c1-13-4-2-3-5-19(13)25-20(26)11-18(21(25)27)23-9-8-14-12-24-17-7-6-15(22)10-16(14)17/h2-7,10,12,18,23-24H,8-9,11H2,1H3/t18-/m0/s1. The number of nitrogens with one attached hydrogen (secondary N) is 2. The molecule has 1 aliphatic heterocycles. The molecule has 3 aromatic rings. The number of aromatic nitrogens is 1. The Morgan fingerprint density at radius 2 is 2.04 bits per heavy atom. The van der Waals surface area contributed by atoms with Crippen LogP contribution in [0, 0.1) is 6.92 Å². The van der Waals surface area contributed by atoms with Gasteiger partial charge in [0.25, 0.3) is 5.91 Å². The number of aryl methyl sites for hydroxylation is 1. The van der Waals surface area contributed by atoms with Crippen LogP contribution < -0.4 is 10.2 Å². The normalized spacial score (nSPS) is 17.3. The van der Waals surface area contributed by atoms with Gasteiger partial charge in [0.15, 0.2) is 0 Å². The van der Waals surface area contributed by atoms with Gasteiger partial charge in [-0.1, -0.05) is 29.8 Å². The molecule has 138 valence electrons. The molecule has 0 bridgehead atoms. The molecule has 2 aromatic carbocycles. The number of carbonyl (C=O) groups is 2. The summed E-state index contributed by atoms with van der Waals surface area (Å²) < 4.78 is 0. The van der Waals surface area contributed by atoms with E-state index in [-0.39, 0.29) is 18.2 Å². The van der Waals surface area contributed by atoms with E-state index in [1.807, 2.05) is 55.6 Å². The van der Waals surface area contributed by atoms with Crippen molar-refractivity contribution in [1.82, 2.24) is 10.3 Å². The molecule has 1 atom stereocenters. The summed E-state index contributed by atoms with van der Waals surface area (Å²) in [4.78, 5) is 29.7. The van der Waals surface area contributed by atoms with Gasteiger partial charge >= 0.3 is 0 Å². The predicted octanol–water partition coefficient (Wildman–Crippen LogP) is 3.59. The fraction of sp³-hybridized carbons (Fsp3) is 0.238. The lowest BCUT2D eigenvalue weighted by Gasteiger charge is -2.17. The number of para-hydroxylation sites is 1. The van der Waals surface area contributed by atoms with Gasteiger partial charge in [0, 0.05) is 28.7 Å². The molecule has 1 aliphatic rings. The maximum Gasteiger partial charge on any atom is 0.251 e. The number of aromatic amines is 1. The third-order valence-electron chi connectivity index (χ3n) is 5.02. The van der Waals surface area contributed by atoms with Crippen LogP contribution in [-0.2, 0) is 16.0 Å². The maximum atomic E-state index is 12.7. The molecule has 0 unspecified atom stereocenters. The first-order chi connectivity index (χ1) is 13.0. The largest absolute Gasteiger partial charge is 0.361 e. The van der Waals surface area contributed by atoms with Crippen molar-refractivity contribution in [2.75, 3.05) is 11.4 Å². The highest BCUT2D eigenvalue weighted by molar-refractivity contribution is 6.31. The number of benzene rings is 2. The van der Waals surface area contributed by atoms with Crippen molar-refractivity contribution in [3.63, 3.8) is 0 Å². The van der Waals surface area contributed by atoms with E-state index < -0.39 is 6.04 Å². The van der Waals surface area contributed by atoms with E-state index in [2.05, 4.69) is 10.3 Å². The fourth-order valence-electron chi connectivity index (χ4n) is 3.60. The Balaban J connectivity index is 1.43. The molecule has 1 fully saturated rings. The molecular weight excluding hydrogens is 362 g/mol. The Bertz CT molecular complexity index is 1030. The lowest BCUT2D eigenvalue weighted by atomic mass is 10.1. The minimum Gasteiger partial charge on any atom is -0.361 e. The van der Waals surface area contributed by atoms with Crippen molar-refractivity contribution in [2.45, 2.75) is 25.8 Å². The minimum atomic E-state index is -0.481. The van der Waals surface area contributed by atoms with Gasteiger partial charge in [-0.05, 0) is 48.7 Å². The fourth-order valence-corrected chi connectivity index (χ4v) is 3.77. The van der Waals surface area contributed by atoms with E-state index in [9.17, 15) is 9.59 Å². The molecule has 0 spiro atoms. The number of H-pyrrole nitrogens is 1. The highest BCUT2D eigenvalue weighted by atomic mass is 35.5. The number of halogens is 1. The molecule has 5 nitrogen and oxygen atoms in total. The summed E-state index contributed by atoms with van der Waals surface area (Å²) in [5.41, 5.74) is 3.75. The first-order valence-electron chi connectivity index (χ1n) is 8.96. The summed E-state index contributed by atoms with van der Waals surface area (Å²) in [6.45, 7) is 2.50. The summed E-state index contributed by atoms with van der Waals surface area (Å²) in [6.07, 6.45) is 2.89. The SMILES string of the molecule is Cc1ccccc1N1C(=O)C[C@H](NCCc2c[nH]c3ccc(Cl)cc23)C1=O. The maximum absolute atomic E-state index is 12.7. The van der Waals surface area contributed by atoms with Crippen molar-refractivity contribution in [3.8, 4) is 0 Å². The lowest BCUT2D eigenvalue weighted by Crippen LogP contribution is -2.39. The number of imide groups is 1. The van der Waals surface area contributed by atoms with Gasteiger partial charge in [0.1, 0.15) is 0 Å². The number of anilines is 1. The summed E-state index contributed by atoms with van der Waals surface area (Å²) in [5, 5.41) is 5.02. The zero-order valence-electron chi connectivity index (χ0n) is 15.0. The second-order valence-electron chi connectivity index (χ2n) is 6.82. The highest BCUT2D eigenvalue weighted by Gasteiger charge is 2.39. The smallest absolute Gasteiger partial charge is 0.251 e. The van der Waals surface area contributed by atoms with E-state index in [0.717, 1.165) is 28.5 Å². The van der Waals surface area contributed by atoms with Crippen LogP contribution in [0.3, 0.4) is 0 Å². The van der Waals surface area contributed by atoms with Gasteiger partial charge in [-0.25, -0.2) is 4.90 Å². The molecule has 0 aliphatic carbocycles. The first kappa shape index (κ1) is 17.8. The quantitative estimate of drug-likeness (QED) is 0.664. The topological polar surface area (TPSA) is 65.2 Å². The molecule has 6 heteroatoms. The Morgan fingerprint density at radius 1 is 1.22 bits per heavy atom. The predicted molar refractivity (Wildman–Crippen MR) is 107 cm³/mol. The third-order valence-corrected chi connectivity index (χ3v) is 5.25. The van der Waals surface area contributed by atoms with Crippen LogP contribution >= 0.6 is 11.6 Å². The van der Waals surface area contributed by atoms with E-state index in [1.54, 1.807) is 0 Å². The number of carbonyl (C=O) groups excluding carboxylic acids is 2. The molecule has 27 heavy (non-hydrogen) atoms. The van der Waals surface area contributed by atoms with Crippen LogP contribution in [0.5, 0.6) is 0 Å². The lowest BCUT2D eigenvalue weighted by molar-refractivity contribution is -0.121. The van der Waals surface area contributed by atoms with Crippen LogP contribution in [-0.4, -0.2) is 29.4 Å². The summed E-state index contributed by atoms with van der Waals surface area (Å²) in [6, 6.07) is 12.7. The van der Waals surface area contributed by atoms with Gasteiger partial charge < -0.3 is 10.3 Å². The molecular formula is C21H20ClN3O2. The highest BCUT2D eigenvalue weighted by Crippen LogP contribution is 2.26. The van der Waals surface area contributed by atoms with Crippen molar-refractivity contribution in [3.05, 3.63) is 64.8 Å². The first-order valence-corrected chi connectivity index (χ1v) is 9.34. The Hall–Kier alpha value is -2.63. The molecule has 2 amide bonds.